The highest BCUT2D eigenvalue weighted by Crippen LogP contribution is 2.38. The first-order valence-electron chi connectivity index (χ1n) is 10.5. The zero-order valence-corrected chi connectivity index (χ0v) is 17.3. The number of aryl methyl sites for hydroxylation is 1. The quantitative estimate of drug-likeness (QED) is 0.553. The zero-order chi connectivity index (χ0) is 21.8. The lowest BCUT2D eigenvalue weighted by molar-refractivity contribution is -0.118. The molecule has 3 N–H and O–H groups in total. The van der Waals surface area contributed by atoms with Gasteiger partial charge in [-0.1, -0.05) is 47.6 Å². The summed E-state index contributed by atoms with van der Waals surface area (Å²) in [6, 6.07) is 16.8. The van der Waals surface area contributed by atoms with Crippen LogP contribution in [0.3, 0.4) is 0 Å². The predicted molar refractivity (Wildman–Crippen MR) is 115 cm³/mol. The van der Waals surface area contributed by atoms with E-state index >= 15 is 0 Å². The summed E-state index contributed by atoms with van der Waals surface area (Å²) in [5.41, 5.74) is 0.388. The van der Waals surface area contributed by atoms with E-state index in [1.165, 1.54) is 12.1 Å². The third kappa shape index (κ3) is 5.00. The van der Waals surface area contributed by atoms with E-state index in [0.717, 1.165) is 5.56 Å². The van der Waals surface area contributed by atoms with Crippen molar-refractivity contribution < 1.29 is 18.8 Å². The predicted octanol–water partition coefficient (Wildman–Crippen LogP) is 4.22. The number of benzene rings is 2. The lowest BCUT2D eigenvalue weighted by atomic mass is 9.77. The lowest BCUT2D eigenvalue weighted by Gasteiger charge is -2.38. The van der Waals surface area contributed by atoms with Crippen LogP contribution in [0.25, 0.3) is 0 Å². The Morgan fingerprint density at radius 2 is 1.90 bits per heavy atom. The van der Waals surface area contributed by atoms with Crippen molar-refractivity contribution in [3.05, 3.63) is 83.4 Å². The van der Waals surface area contributed by atoms with Gasteiger partial charge in [-0.2, -0.15) is 0 Å². The Morgan fingerprint density at radius 3 is 2.55 bits per heavy atom. The van der Waals surface area contributed by atoms with Crippen LogP contribution in [0.1, 0.15) is 48.6 Å². The Bertz CT molecular complexity index is 1030. The molecule has 3 aromatic rings. The van der Waals surface area contributed by atoms with E-state index in [4.69, 9.17) is 4.52 Å². The number of rotatable bonds is 6. The number of nitrogens with one attached hydrogen (secondary N) is 2. The van der Waals surface area contributed by atoms with Gasteiger partial charge in [-0.15, -0.1) is 0 Å². The fourth-order valence-electron chi connectivity index (χ4n) is 4.16. The SMILES string of the molecule is Cc1cc(NC(=O)C(NC2CCC(O)(c3cccc(F)c3)CC2)c2ccccc2)no1. The molecule has 1 atom stereocenters. The number of amides is 1. The fourth-order valence-corrected chi connectivity index (χ4v) is 4.16. The third-order valence-electron chi connectivity index (χ3n) is 5.85. The summed E-state index contributed by atoms with van der Waals surface area (Å²) < 4.78 is 18.7. The molecule has 1 aliphatic rings. The van der Waals surface area contributed by atoms with Crippen LogP contribution >= 0.6 is 0 Å². The number of nitrogens with zero attached hydrogens (tertiary/aromatic N) is 1. The van der Waals surface area contributed by atoms with Crippen molar-refractivity contribution in [1.29, 1.82) is 0 Å². The van der Waals surface area contributed by atoms with Crippen LogP contribution in [0.15, 0.2) is 65.2 Å². The van der Waals surface area contributed by atoms with Crippen LogP contribution in [-0.2, 0) is 10.4 Å². The molecule has 0 radical (unpaired) electrons. The first-order chi connectivity index (χ1) is 14.9. The van der Waals surface area contributed by atoms with E-state index in [9.17, 15) is 14.3 Å². The van der Waals surface area contributed by atoms with Gasteiger partial charge in [0.25, 0.3) is 0 Å². The van der Waals surface area contributed by atoms with Gasteiger partial charge in [-0.05, 0) is 55.9 Å². The average Bonchev–Trinajstić information content (AvgIpc) is 3.18. The van der Waals surface area contributed by atoms with Gasteiger partial charge in [0.1, 0.15) is 17.6 Å². The molecule has 0 saturated heterocycles. The first kappa shape index (κ1) is 21.2. The number of aliphatic hydroxyl groups is 1. The summed E-state index contributed by atoms with van der Waals surface area (Å²) in [5, 5.41) is 21.1. The Hall–Kier alpha value is -3.03. The van der Waals surface area contributed by atoms with Gasteiger partial charge in [-0.25, -0.2) is 4.39 Å². The number of hydrogen-bond donors (Lipinski definition) is 3. The molecule has 0 aliphatic heterocycles. The molecular formula is C24H26FN3O3. The van der Waals surface area contributed by atoms with Crippen molar-refractivity contribution >= 4 is 11.7 Å². The molecule has 1 amide bonds. The van der Waals surface area contributed by atoms with Crippen molar-refractivity contribution in [1.82, 2.24) is 10.5 Å². The first-order valence-corrected chi connectivity index (χ1v) is 10.5. The van der Waals surface area contributed by atoms with Crippen LogP contribution < -0.4 is 10.6 Å². The van der Waals surface area contributed by atoms with E-state index in [1.807, 2.05) is 30.3 Å². The van der Waals surface area contributed by atoms with Crippen molar-refractivity contribution in [3.8, 4) is 0 Å². The van der Waals surface area contributed by atoms with E-state index in [0.29, 0.717) is 42.8 Å². The Kier molecular flexibility index (Phi) is 6.15. The number of halogens is 1. The summed E-state index contributed by atoms with van der Waals surface area (Å²) in [4.78, 5) is 13.0. The van der Waals surface area contributed by atoms with Crippen LogP contribution in [0, 0.1) is 12.7 Å². The van der Waals surface area contributed by atoms with E-state index in [2.05, 4.69) is 15.8 Å². The molecule has 31 heavy (non-hydrogen) atoms. The number of carbonyl (C=O) groups excluding carboxylic acids is 1. The zero-order valence-electron chi connectivity index (χ0n) is 17.3. The largest absolute Gasteiger partial charge is 0.385 e. The highest BCUT2D eigenvalue weighted by Gasteiger charge is 2.36. The second kappa shape index (κ2) is 8.99. The summed E-state index contributed by atoms with van der Waals surface area (Å²) in [7, 11) is 0. The molecule has 1 saturated carbocycles. The number of anilines is 1. The maximum Gasteiger partial charge on any atom is 0.247 e. The van der Waals surface area contributed by atoms with Gasteiger partial charge in [0.05, 0.1) is 5.60 Å². The van der Waals surface area contributed by atoms with Gasteiger partial charge >= 0.3 is 0 Å². The Labute approximate surface area is 180 Å². The molecule has 6 nitrogen and oxygen atoms in total. The monoisotopic (exact) mass is 423 g/mol. The van der Waals surface area contributed by atoms with Gasteiger partial charge in [0.2, 0.25) is 5.91 Å². The normalized spacial score (nSPS) is 22.1. The topological polar surface area (TPSA) is 87.4 Å². The smallest absolute Gasteiger partial charge is 0.247 e. The molecule has 7 heteroatoms. The maximum absolute atomic E-state index is 13.6. The maximum atomic E-state index is 13.6. The molecule has 1 aliphatic carbocycles. The summed E-state index contributed by atoms with van der Waals surface area (Å²) >= 11 is 0. The fraction of sp³-hybridized carbons (Fsp3) is 0.333. The van der Waals surface area contributed by atoms with Crippen LogP contribution in [0.5, 0.6) is 0 Å². The second-order valence-electron chi connectivity index (χ2n) is 8.14. The summed E-state index contributed by atoms with van der Waals surface area (Å²) in [6.45, 7) is 1.76. The van der Waals surface area contributed by atoms with E-state index < -0.39 is 11.6 Å². The summed E-state index contributed by atoms with van der Waals surface area (Å²) in [5.74, 6) is 0.401. The van der Waals surface area contributed by atoms with Crippen molar-refractivity contribution in [2.45, 2.75) is 50.3 Å². The molecule has 1 fully saturated rings. The average molecular weight is 423 g/mol. The molecule has 162 valence electrons. The molecule has 4 rings (SSSR count). The molecule has 1 unspecified atom stereocenters. The van der Waals surface area contributed by atoms with Gasteiger partial charge in [0.15, 0.2) is 5.82 Å². The van der Waals surface area contributed by atoms with E-state index in [1.54, 1.807) is 25.1 Å². The summed E-state index contributed by atoms with van der Waals surface area (Å²) in [6.07, 6.45) is 2.29. The molecular weight excluding hydrogens is 397 g/mol. The highest BCUT2D eigenvalue weighted by atomic mass is 19.1. The Morgan fingerprint density at radius 1 is 1.16 bits per heavy atom. The van der Waals surface area contributed by atoms with Gasteiger partial charge in [0, 0.05) is 12.1 Å². The minimum atomic E-state index is -1.05. The molecule has 2 aromatic carbocycles. The lowest BCUT2D eigenvalue weighted by Crippen LogP contribution is -2.44. The minimum absolute atomic E-state index is 0.0313. The third-order valence-corrected chi connectivity index (χ3v) is 5.85. The Balaban J connectivity index is 1.46. The van der Waals surface area contributed by atoms with Crippen LogP contribution in [0.2, 0.25) is 0 Å². The van der Waals surface area contributed by atoms with Gasteiger partial charge < -0.3 is 14.9 Å². The van der Waals surface area contributed by atoms with Crippen LogP contribution in [0.4, 0.5) is 10.2 Å². The molecule has 1 heterocycles. The number of hydrogen-bond acceptors (Lipinski definition) is 5. The van der Waals surface area contributed by atoms with Gasteiger partial charge in [-0.3, -0.25) is 10.1 Å². The van der Waals surface area contributed by atoms with Crippen molar-refractivity contribution in [2.24, 2.45) is 0 Å². The van der Waals surface area contributed by atoms with Crippen molar-refractivity contribution in [2.75, 3.05) is 5.32 Å². The van der Waals surface area contributed by atoms with Crippen LogP contribution in [-0.4, -0.2) is 22.2 Å². The van der Waals surface area contributed by atoms with Crippen molar-refractivity contribution in [3.63, 3.8) is 0 Å². The standard InChI is InChI=1S/C24H26FN3O3/c1-16-14-21(28-31-16)27-23(29)22(17-6-3-2-4-7-17)26-20-10-12-24(30,13-11-20)18-8-5-9-19(25)15-18/h2-9,14-15,20,22,26,30H,10-13H2,1H3,(H,27,28,29). The second-order valence-corrected chi connectivity index (χ2v) is 8.14. The molecule has 0 bridgehead atoms. The molecule has 1 aromatic heterocycles. The minimum Gasteiger partial charge on any atom is -0.385 e. The molecule has 0 spiro atoms. The highest BCUT2D eigenvalue weighted by molar-refractivity contribution is 5.94. The van der Waals surface area contributed by atoms with E-state index in [-0.39, 0.29) is 17.8 Å². The number of aromatic nitrogens is 1. The number of carbonyl (C=O) groups is 1.